The minimum Gasteiger partial charge on any atom is -0.368 e. The molecule has 0 aliphatic carbocycles. The van der Waals surface area contributed by atoms with Gasteiger partial charge in [-0.2, -0.15) is 4.98 Å². The average molecular weight is 444 g/mol. The highest BCUT2D eigenvalue weighted by Crippen LogP contribution is 2.24. The monoisotopic (exact) mass is 443 g/mol. The van der Waals surface area contributed by atoms with Crippen LogP contribution in [0.4, 0.5) is 11.8 Å². The first-order chi connectivity index (χ1) is 15.8. The summed E-state index contributed by atoms with van der Waals surface area (Å²) in [5, 5.41) is 3.78. The van der Waals surface area contributed by atoms with Gasteiger partial charge in [0.2, 0.25) is 5.95 Å². The molecule has 0 unspecified atom stereocenters. The molecule has 0 fully saturated rings. The molecule has 0 saturated heterocycles. The van der Waals surface area contributed by atoms with E-state index in [4.69, 9.17) is 10.7 Å². The van der Waals surface area contributed by atoms with Crippen LogP contribution in [0.2, 0.25) is 0 Å². The van der Waals surface area contributed by atoms with Crippen LogP contribution in [-0.2, 0) is 0 Å². The van der Waals surface area contributed by atoms with Crippen LogP contribution >= 0.6 is 0 Å². The van der Waals surface area contributed by atoms with E-state index >= 15 is 0 Å². The lowest BCUT2D eigenvalue weighted by Crippen LogP contribution is -2.29. The van der Waals surface area contributed by atoms with Gasteiger partial charge in [-0.3, -0.25) is 14.2 Å². The van der Waals surface area contributed by atoms with Crippen LogP contribution in [-0.4, -0.2) is 44.4 Å². The molecule has 9 heteroatoms. The maximum Gasteiger partial charge on any atom is 0.266 e. The summed E-state index contributed by atoms with van der Waals surface area (Å²) in [5.41, 5.74) is 8.04. The van der Waals surface area contributed by atoms with Gasteiger partial charge in [-0.15, -0.1) is 0 Å². The van der Waals surface area contributed by atoms with E-state index in [1.807, 2.05) is 62.4 Å². The average Bonchev–Trinajstić information content (AvgIpc) is 2.79. The molecule has 1 atom stereocenters. The van der Waals surface area contributed by atoms with E-state index in [0.29, 0.717) is 22.4 Å². The van der Waals surface area contributed by atoms with Crippen LogP contribution in [0.25, 0.3) is 16.6 Å². The number of fused-ring (bicyclic) bond motifs is 1. The topological polar surface area (TPSA) is 119 Å². The van der Waals surface area contributed by atoms with Crippen molar-refractivity contribution in [1.82, 2.24) is 24.4 Å². The molecule has 168 valence electrons. The Balaban J connectivity index is 1.90. The zero-order chi connectivity index (χ0) is 23.7. The van der Waals surface area contributed by atoms with Crippen LogP contribution in [0.1, 0.15) is 34.7 Å². The number of nitrogens with zero attached hydrogens (tertiary/aromatic N) is 5. The highest BCUT2D eigenvalue weighted by atomic mass is 16.2. The Hall–Kier alpha value is -4.27. The van der Waals surface area contributed by atoms with Gasteiger partial charge in [0, 0.05) is 20.3 Å². The summed E-state index contributed by atoms with van der Waals surface area (Å²) in [4.78, 5) is 40.7. The van der Waals surface area contributed by atoms with Crippen molar-refractivity contribution in [1.29, 1.82) is 0 Å². The van der Waals surface area contributed by atoms with Crippen molar-refractivity contribution in [3.05, 3.63) is 82.0 Å². The van der Waals surface area contributed by atoms with Gasteiger partial charge in [0.25, 0.3) is 11.5 Å². The van der Waals surface area contributed by atoms with Crippen molar-refractivity contribution in [2.75, 3.05) is 25.1 Å². The first kappa shape index (κ1) is 21.9. The van der Waals surface area contributed by atoms with Gasteiger partial charge in [-0.1, -0.05) is 30.3 Å². The lowest BCUT2D eigenvalue weighted by Gasteiger charge is -2.22. The summed E-state index contributed by atoms with van der Waals surface area (Å²) in [6.07, 6.45) is 1.39. The molecule has 0 bridgehead atoms. The number of aryl methyl sites for hydroxylation is 1. The molecule has 0 aliphatic rings. The summed E-state index contributed by atoms with van der Waals surface area (Å²) < 4.78 is 1.59. The normalized spacial score (nSPS) is 11.9. The maximum absolute atomic E-state index is 13.6. The smallest absolute Gasteiger partial charge is 0.266 e. The number of hydrogen-bond donors (Lipinski definition) is 2. The van der Waals surface area contributed by atoms with Crippen LogP contribution in [0, 0.1) is 6.92 Å². The van der Waals surface area contributed by atoms with E-state index in [-0.39, 0.29) is 28.8 Å². The third-order valence-electron chi connectivity index (χ3n) is 5.33. The Morgan fingerprint density at radius 3 is 2.52 bits per heavy atom. The molecule has 4 aromatic rings. The number of benzene rings is 2. The fourth-order valence-electron chi connectivity index (χ4n) is 3.70. The Morgan fingerprint density at radius 2 is 1.82 bits per heavy atom. The molecule has 9 nitrogen and oxygen atoms in total. The second-order valence-corrected chi connectivity index (χ2v) is 7.97. The minimum absolute atomic E-state index is 0.0301. The van der Waals surface area contributed by atoms with Crippen LogP contribution in [0.5, 0.6) is 0 Å². The van der Waals surface area contributed by atoms with Crippen LogP contribution < -0.4 is 16.6 Å². The summed E-state index contributed by atoms with van der Waals surface area (Å²) in [5.74, 6) is 0.506. The van der Waals surface area contributed by atoms with Crippen molar-refractivity contribution < 1.29 is 4.79 Å². The van der Waals surface area contributed by atoms with Gasteiger partial charge >= 0.3 is 0 Å². The number of nitrogen functional groups attached to an aromatic ring is 1. The van der Waals surface area contributed by atoms with Gasteiger partial charge in [0.05, 0.1) is 22.6 Å². The number of rotatable bonds is 5. The predicted octanol–water partition coefficient (Wildman–Crippen LogP) is 2.94. The van der Waals surface area contributed by atoms with Crippen molar-refractivity contribution >= 4 is 28.6 Å². The Labute approximate surface area is 190 Å². The zero-order valence-corrected chi connectivity index (χ0v) is 18.9. The third kappa shape index (κ3) is 4.12. The maximum atomic E-state index is 13.6. The molecule has 0 radical (unpaired) electrons. The van der Waals surface area contributed by atoms with Gasteiger partial charge in [0.1, 0.15) is 17.2 Å². The van der Waals surface area contributed by atoms with Gasteiger partial charge in [-0.05, 0) is 37.6 Å². The minimum atomic E-state index is -0.495. The lowest BCUT2D eigenvalue weighted by atomic mass is 10.1. The molecular weight excluding hydrogens is 418 g/mol. The zero-order valence-electron chi connectivity index (χ0n) is 18.9. The SMILES string of the molecule is Cc1cccc2nc([C@H](C)Nc3nc(N)ncc3C(=O)N(C)C)n(-c3ccccc3)c(=O)c12. The Kier molecular flexibility index (Phi) is 5.78. The van der Waals surface area contributed by atoms with Gasteiger partial charge < -0.3 is 16.0 Å². The second-order valence-electron chi connectivity index (χ2n) is 7.97. The van der Waals surface area contributed by atoms with Crippen LogP contribution in [0.3, 0.4) is 0 Å². The summed E-state index contributed by atoms with van der Waals surface area (Å²) >= 11 is 0. The van der Waals surface area contributed by atoms with Crippen molar-refractivity contribution in [2.45, 2.75) is 19.9 Å². The molecular formula is C24H25N7O2. The largest absolute Gasteiger partial charge is 0.368 e. The van der Waals surface area contributed by atoms with E-state index in [1.165, 1.54) is 11.1 Å². The molecule has 2 heterocycles. The highest BCUT2D eigenvalue weighted by molar-refractivity contribution is 5.98. The summed E-state index contributed by atoms with van der Waals surface area (Å²) in [6.45, 7) is 3.75. The van der Waals surface area contributed by atoms with Crippen molar-refractivity contribution in [3.8, 4) is 5.69 Å². The first-order valence-electron chi connectivity index (χ1n) is 10.5. The van der Waals surface area contributed by atoms with Crippen molar-refractivity contribution in [2.24, 2.45) is 0 Å². The first-order valence-corrected chi connectivity index (χ1v) is 10.5. The fourth-order valence-corrected chi connectivity index (χ4v) is 3.70. The molecule has 0 spiro atoms. The summed E-state index contributed by atoms with van der Waals surface area (Å²) in [7, 11) is 3.29. The van der Waals surface area contributed by atoms with E-state index in [2.05, 4.69) is 15.3 Å². The number of para-hydroxylation sites is 1. The number of nitrogens with two attached hydrogens (primary N) is 1. The van der Waals surface area contributed by atoms with Gasteiger partial charge in [0.15, 0.2) is 0 Å². The highest BCUT2D eigenvalue weighted by Gasteiger charge is 2.22. The number of nitrogens with one attached hydrogen (secondary N) is 1. The third-order valence-corrected chi connectivity index (χ3v) is 5.33. The lowest BCUT2D eigenvalue weighted by molar-refractivity contribution is 0.0827. The van der Waals surface area contributed by atoms with E-state index in [1.54, 1.807) is 18.7 Å². The Bertz CT molecular complexity index is 1400. The summed E-state index contributed by atoms with van der Waals surface area (Å²) in [6, 6.07) is 14.4. The number of carbonyl (C=O) groups is 1. The molecule has 0 aliphatic heterocycles. The molecule has 3 N–H and O–H groups in total. The van der Waals surface area contributed by atoms with E-state index < -0.39 is 6.04 Å². The second kappa shape index (κ2) is 8.70. The molecule has 4 rings (SSSR count). The number of carbonyl (C=O) groups excluding carboxylic acids is 1. The standard InChI is InChI=1S/C24H25N7O2/c1-14-9-8-12-18-19(14)23(33)31(16-10-6-5-7-11-16)21(28-18)15(2)27-20-17(22(32)30(3)4)13-26-24(25)29-20/h5-13,15H,1-4H3,(H3,25,26,27,29)/t15-/m0/s1. The molecule has 1 amide bonds. The number of amides is 1. The quantitative estimate of drug-likeness (QED) is 0.487. The van der Waals surface area contributed by atoms with Gasteiger partial charge in [-0.25, -0.2) is 9.97 Å². The Morgan fingerprint density at radius 1 is 1.09 bits per heavy atom. The molecule has 2 aromatic heterocycles. The fraction of sp³-hybridized carbons (Fsp3) is 0.208. The van der Waals surface area contributed by atoms with Crippen LogP contribution in [0.15, 0.2) is 59.5 Å². The molecule has 33 heavy (non-hydrogen) atoms. The van der Waals surface area contributed by atoms with E-state index in [0.717, 1.165) is 5.56 Å². The van der Waals surface area contributed by atoms with E-state index in [9.17, 15) is 9.59 Å². The van der Waals surface area contributed by atoms with Crippen molar-refractivity contribution in [3.63, 3.8) is 0 Å². The number of anilines is 2. The molecule has 0 saturated carbocycles. The number of hydrogen-bond acceptors (Lipinski definition) is 7. The molecule has 2 aromatic carbocycles. The number of aromatic nitrogens is 4. The predicted molar refractivity (Wildman–Crippen MR) is 129 cm³/mol.